The van der Waals surface area contributed by atoms with E-state index in [1.807, 2.05) is 6.92 Å². The van der Waals surface area contributed by atoms with Gasteiger partial charge >= 0.3 is 5.97 Å². The third kappa shape index (κ3) is 7.14. The Hall–Kier alpha value is -3.21. The molecule has 0 aliphatic rings. The summed E-state index contributed by atoms with van der Waals surface area (Å²) in [5, 5.41) is 0. The van der Waals surface area contributed by atoms with Crippen LogP contribution >= 0.6 is 0 Å². The number of hydrogen-bond donors (Lipinski definition) is 0. The molecular weight excluding hydrogens is 434 g/mol. The van der Waals surface area contributed by atoms with Gasteiger partial charge in [-0.25, -0.2) is 13.6 Å². The fourth-order valence-corrected chi connectivity index (χ4v) is 3.71. The van der Waals surface area contributed by atoms with Crippen molar-refractivity contribution in [1.82, 2.24) is 0 Å². The molecule has 180 valence electrons. The third-order valence-corrected chi connectivity index (χ3v) is 5.63. The maximum Gasteiger partial charge on any atom is 0.343 e. The summed E-state index contributed by atoms with van der Waals surface area (Å²) < 4.78 is 39.5. The summed E-state index contributed by atoms with van der Waals surface area (Å²) >= 11 is 0. The van der Waals surface area contributed by atoms with E-state index in [1.54, 1.807) is 42.5 Å². The third-order valence-electron chi connectivity index (χ3n) is 5.63. The van der Waals surface area contributed by atoms with Gasteiger partial charge in [0, 0.05) is 0 Å². The Kier molecular flexibility index (Phi) is 9.62. The van der Waals surface area contributed by atoms with E-state index in [4.69, 9.17) is 9.47 Å². The van der Waals surface area contributed by atoms with Crippen LogP contribution in [0.3, 0.4) is 0 Å². The second kappa shape index (κ2) is 12.9. The minimum absolute atomic E-state index is 0.100. The van der Waals surface area contributed by atoms with Crippen LogP contribution in [0.2, 0.25) is 0 Å². The normalized spacial score (nSPS) is 10.8. The number of carbonyl (C=O) groups is 1. The summed E-state index contributed by atoms with van der Waals surface area (Å²) in [6, 6.07) is 16.0. The largest absolute Gasteiger partial charge is 0.491 e. The van der Waals surface area contributed by atoms with Crippen LogP contribution in [0.25, 0.3) is 11.1 Å². The van der Waals surface area contributed by atoms with Crippen LogP contribution in [0.1, 0.15) is 68.3 Å². The van der Waals surface area contributed by atoms with Crippen LogP contribution in [-0.4, -0.2) is 12.6 Å². The summed E-state index contributed by atoms with van der Waals surface area (Å²) in [5.41, 5.74) is 2.56. The number of aryl methyl sites for hydroxylation is 1. The zero-order chi connectivity index (χ0) is 24.3. The fourth-order valence-electron chi connectivity index (χ4n) is 3.71. The summed E-state index contributed by atoms with van der Waals surface area (Å²) in [7, 11) is 0. The Morgan fingerprint density at radius 1 is 0.735 bits per heavy atom. The molecule has 34 heavy (non-hydrogen) atoms. The van der Waals surface area contributed by atoms with Crippen LogP contribution in [0.4, 0.5) is 8.78 Å². The van der Waals surface area contributed by atoms with Gasteiger partial charge in [-0.15, -0.1) is 0 Å². The maximum atomic E-state index is 14.5. The molecule has 0 heterocycles. The van der Waals surface area contributed by atoms with Gasteiger partial charge in [-0.05, 0) is 65.9 Å². The molecule has 0 aliphatic carbocycles. The smallest absolute Gasteiger partial charge is 0.343 e. The topological polar surface area (TPSA) is 35.5 Å². The molecule has 0 amide bonds. The SMILES string of the molecule is CCCCCCCOc1ccc(-c2ccc(C(=O)Oc3ccc(CCC)cc3F)cc2)cc1F. The summed E-state index contributed by atoms with van der Waals surface area (Å²) in [4.78, 5) is 12.4. The number of esters is 1. The first-order valence-electron chi connectivity index (χ1n) is 12.0. The lowest BCUT2D eigenvalue weighted by atomic mass is 10.0. The maximum absolute atomic E-state index is 14.5. The number of ether oxygens (including phenoxy) is 2. The number of carbonyl (C=O) groups excluding carboxylic acids is 1. The Balaban J connectivity index is 1.59. The average Bonchev–Trinajstić information content (AvgIpc) is 2.84. The highest BCUT2D eigenvalue weighted by Crippen LogP contribution is 2.27. The molecule has 3 rings (SSSR count). The van der Waals surface area contributed by atoms with E-state index < -0.39 is 17.6 Å². The molecule has 0 atom stereocenters. The molecule has 0 aromatic heterocycles. The second-order valence-electron chi connectivity index (χ2n) is 8.39. The van der Waals surface area contributed by atoms with Crippen molar-refractivity contribution in [2.75, 3.05) is 6.61 Å². The quantitative estimate of drug-likeness (QED) is 0.153. The van der Waals surface area contributed by atoms with Crippen LogP contribution in [0.15, 0.2) is 60.7 Å². The molecule has 3 aromatic rings. The van der Waals surface area contributed by atoms with Crippen molar-refractivity contribution in [3.05, 3.63) is 83.4 Å². The van der Waals surface area contributed by atoms with Gasteiger partial charge in [-0.1, -0.05) is 70.2 Å². The highest BCUT2D eigenvalue weighted by atomic mass is 19.1. The molecule has 0 radical (unpaired) electrons. The number of rotatable bonds is 12. The van der Waals surface area contributed by atoms with Crippen molar-refractivity contribution in [2.24, 2.45) is 0 Å². The molecular formula is C29H32F2O3. The van der Waals surface area contributed by atoms with Gasteiger partial charge in [0.05, 0.1) is 12.2 Å². The van der Waals surface area contributed by atoms with Gasteiger partial charge in [0.15, 0.2) is 23.1 Å². The van der Waals surface area contributed by atoms with Crippen molar-refractivity contribution in [3.63, 3.8) is 0 Å². The predicted molar refractivity (Wildman–Crippen MR) is 131 cm³/mol. The lowest BCUT2D eigenvalue weighted by molar-refractivity contribution is 0.0728. The lowest BCUT2D eigenvalue weighted by Crippen LogP contribution is -2.09. The molecule has 0 aliphatic heterocycles. The highest BCUT2D eigenvalue weighted by Gasteiger charge is 2.13. The summed E-state index contributed by atoms with van der Waals surface area (Å²) in [6.07, 6.45) is 7.23. The molecule has 0 saturated heterocycles. The first-order chi connectivity index (χ1) is 16.5. The first-order valence-corrected chi connectivity index (χ1v) is 12.0. The van der Waals surface area contributed by atoms with Crippen LogP contribution in [0.5, 0.6) is 11.5 Å². The van der Waals surface area contributed by atoms with E-state index in [2.05, 4.69) is 6.92 Å². The van der Waals surface area contributed by atoms with E-state index in [9.17, 15) is 13.6 Å². The van der Waals surface area contributed by atoms with Gasteiger partial charge in [-0.2, -0.15) is 0 Å². The van der Waals surface area contributed by atoms with Gasteiger partial charge in [0.1, 0.15) is 0 Å². The molecule has 3 nitrogen and oxygen atoms in total. The predicted octanol–water partition coefficient (Wildman–Crippen LogP) is 8.15. The number of hydrogen-bond acceptors (Lipinski definition) is 3. The molecule has 0 saturated carbocycles. The zero-order valence-corrected chi connectivity index (χ0v) is 19.9. The standard InChI is InChI=1S/C29H32F2O3/c1-3-5-6-7-8-18-33-27-17-15-24(20-26(27)31)22-11-13-23(14-12-22)29(32)34-28-16-10-21(9-4-2)19-25(28)30/h10-17,19-20H,3-9,18H2,1-2H3. The van der Waals surface area contributed by atoms with Gasteiger partial charge in [0.25, 0.3) is 0 Å². The average molecular weight is 467 g/mol. The molecule has 0 unspecified atom stereocenters. The Bertz CT molecular complexity index is 1080. The van der Waals surface area contributed by atoms with Gasteiger partial charge < -0.3 is 9.47 Å². The van der Waals surface area contributed by atoms with Crippen LogP contribution in [0, 0.1) is 11.6 Å². The minimum Gasteiger partial charge on any atom is -0.491 e. The van der Waals surface area contributed by atoms with Crippen molar-refractivity contribution >= 4 is 5.97 Å². The summed E-state index contributed by atoms with van der Waals surface area (Å²) in [5.74, 6) is -1.49. The summed E-state index contributed by atoms with van der Waals surface area (Å²) in [6.45, 7) is 4.68. The molecule has 0 bridgehead atoms. The molecule has 3 aromatic carbocycles. The Morgan fingerprint density at radius 3 is 2.09 bits per heavy atom. The molecule has 5 heteroatoms. The van der Waals surface area contributed by atoms with E-state index >= 15 is 0 Å². The van der Waals surface area contributed by atoms with Gasteiger partial charge in [0.2, 0.25) is 0 Å². The van der Waals surface area contributed by atoms with E-state index in [0.29, 0.717) is 12.2 Å². The Morgan fingerprint density at radius 2 is 1.41 bits per heavy atom. The Labute approximate surface area is 200 Å². The van der Waals surface area contributed by atoms with Crippen molar-refractivity contribution < 1.29 is 23.0 Å². The first kappa shape index (κ1) is 25.4. The molecule has 0 N–H and O–H groups in total. The monoisotopic (exact) mass is 466 g/mol. The number of unbranched alkanes of at least 4 members (excludes halogenated alkanes) is 4. The number of halogens is 2. The van der Waals surface area contributed by atoms with Crippen LogP contribution < -0.4 is 9.47 Å². The van der Waals surface area contributed by atoms with Crippen LogP contribution in [-0.2, 0) is 6.42 Å². The van der Waals surface area contributed by atoms with Crippen molar-refractivity contribution in [3.8, 4) is 22.6 Å². The zero-order valence-electron chi connectivity index (χ0n) is 19.9. The van der Waals surface area contributed by atoms with Crippen molar-refractivity contribution in [2.45, 2.75) is 58.8 Å². The fraction of sp³-hybridized carbons (Fsp3) is 0.345. The minimum atomic E-state index is -0.650. The molecule has 0 spiro atoms. The van der Waals surface area contributed by atoms with E-state index in [0.717, 1.165) is 36.8 Å². The van der Waals surface area contributed by atoms with E-state index in [-0.39, 0.29) is 17.1 Å². The lowest BCUT2D eigenvalue weighted by Gasteiger charge is -2.10. The van der Waals surface area contributed by atoms with Gasteiger partial charge in [-0.3, -0.25) is 0 Å². The van der Waals surface area contributed by atoms with E-state index in [1.165, 1.54) is 37.5 Å². The molecule has 0 fully saturated rings. The number of benzene rings is 3. The second-order valence-corrected chi connectivity index (χ2v) is 8.39. The highest BCUT2D eigenvalue weighted by molar-refractivity contribution is 5.91. The van der Waals surface area contributed by atoms with Crippen molar-refractivity contribution in [1.29, 1.82) is 0 Å².